The van der Waals surface area contributed by atoms with E-state index in [1.54, 1.807) is 24.5 Å². The second kappa shape index (κ2) is 5.88. The number of nitrogens with zero attached hydrogens (tertiary/aromatic N) is 5. The van der Waals surface area contributed by atoms with Gasteiger partial charge in [-0.2, -0.15) is 10.1 Å². The fourth-order valence-electron chi connectivity index (χ4n) is 3.32. The van der Waals surface area contributed by atoms with Gasteiger partial charge in [0.25, 0.3) is 12.3 Å². The number of hydrogen-bond acceptors (Lipinski definition) is 5. The van der Waals surface area contributed by atoms with E-state index < -0.39 is 12.3 Å². The second-order valence-electron chi connectivity index (χ2n) is 6.74. The van der Waals surface area contributed by atoms with Crippen LogP contribution in [0.2, 0.25) is 0 Å². The third kappa shape index (κ3) is 2.74. The summed E-state index contributed by atoms with van der Waals surface area (Å²) >= 11 is 0. The number of nitrogens with one attached hydrogen (secondary N) is 2. The zero-order valence-corrected chi connectivity index (χ0v) is 14.2. The first-order valence-electron chi connectivity index (χ1n) is 8.51. The molecule has 1 fully saturated rings. The molecule has 0 amide bonds. The van der Waals surface area contributed by atoms with Crippen molar-refractivity contribution in [1.82, 2.24) is 29.5 Å². The van der Waals surface area contributed by atoms with Gasteiger partial charge in [-0.05, 0) is 12.1 Å². The number of halogens is 4. The number of rotatable bonds is 4. The molecule has 0 aromatic carbocycles. The normalized spacial score (nSPS) is 16.8. The van der Waals surface area contributed by atoms with Crippen LogP contribution in [0.1, 0.15) is 25.0 Å². The highest BCUT2D eigenvalue weighted by Gasteiger charge is 2.45. The van der Waals surface area contributed by atoms with Gasteiger partial charge in [0.05, 0.1) is 11.9 Å². The van der Waals surface area contributed by atoms with Crippen LogP contribution in [0.15, 0.2) is 30.7 Å². The number of anilines is 1. The molecule has 0 aliphatic heterocycles. The maximum atomic E-state index is 13.1. The van der Waals surface area contributed by atoms with Gasteiger partial charge in [0.15, 0.2) is 5.65 Å². The van der Waals surface area contributed by atoms with Crippen LogP contribution < -0.4 is 5.32 Å². The Morgan fingerprint density at radius 3 is 2.75 bits per heavy atom. The van der Waals surface area contributed by atoms with Crippen molar-refractivity contribution < 1.29 is 17.6 Å². The topological polar surface area (TPSA) is 83.8 Å². The molecule has 7 nitrogen and oxygen atoms in total. The van der Waals surface area contributed by atoms with E-state index in [2.05, 4.69) is 30.4 Å². The van der Waals surface area contributed by atoms with Gasteiger partial charge in [-0.1, -0.05) is 0 Å². The van der Waals surface area contributed by atoms with Crippen molar-refractivity contribution in [3.63, 3.8) is 0 Å². The Labute approximate surface area is 154 Å². The average Bonchev–Trinajstić information content (AvgIpc) is 3.23. The molecule has 1 aliphatic carbocycles. The highest BCUT2D eigenvalue weighted by atomic mass is 19.3. The molecule has 5 rings (SSSR count). The largest absolute Gasteiger partial charge is 0.351 e. The van der Waals surface area contributed by atoms with Crippen LogP contribution in [-0.2, 0) is 0 Å². The lowest BCUT2D eigenvalue weighted by Gasteiger charge is -2.35. The molecular weight excluding hydrogens is 378 g/mol. The fourth-order valence-corrected chi connectivity index (χ4v) is 3.32. The van der Waals surface area contributed by atoms with Crippen molar-refractivity contribution in [2.24, 2.45) is 0 Å². The third-order valence-corrected chi connectivity index (χ3v) is 4.74. The number of alkyl halides is 4. The van der Waals surface area contributed by atoms with Crippen LogP contribution in [0.3, 0.4) is 0 Å². The minimum Gasteiger partial charge on any atom is -0.351 e. The molecule has 2 N–H and O–H groups in total. The lowest BCUT2D eigenvalue weighted by molar-refractivity contribution is -0.0794. The van der Waals surface area contributed by atoms with Crippen LogP contribution in [-0.4, -0.2) is 41.5 Å². The number of hydrogen-bond donors (Lipinski definition) is 2. The average molecular weight is 391 g/mol. The minimum atomic E-state index is -2.70. The first-order valence-corrected chi connectivity index (χ1v) is 8.51. The zero-order valence-electron chi connectivity index (χ0n) is 14.2. The van der Waals surface area contributed by atoms with Gasteiger partial charge in [-0.15, -0.1) is 0 Å². The fraction of sp³-hybridized carbons (Fsp3) is 0.294. The molecule has 0 spiro atoms. The predicted molar refractivity (Wildman–Crippen MR) is 92.4 cm³/mol. The van der Waals surface area contributed by atoms with E-state index in [9.17, 15) is 17.6 Å². The third-order valence-electron chi connectivity index (χ3n) is 4.74. The van der Waals surface area contributed by atoms with E-state index in [-0.39, 0.29) is 30.5 Å². The summed E-state index contributed by atoms with van der Waals surface area (Å²) in [7, 11) is 0. The summed E-state index contributed by atoms with van der Waals surface area (Å²) in [4.78, 5) is 15.4. The standard InChI is InChI=1S/C17H13F4N7/c18-14(19)12-7-22-13-2-1-11(27-28(12)13)9-5-23-15-10(9)6-24-16(26-15)25-8-3-17(20,21)4-8/h1-2,5-8,14H,3-4H2,(H2,23,24,25,26). The van der Waals surface area contributed by atoms with E-state index in [1.165, 1.54) is 0 Å². The van der Waals surface area contributed by atoms with E-state index in [0.717, 1.165) is 10.7 Å². The number of fused-ring (bicyclic) bond motifs is 2. The zero-order chi connectivity index (χ0) is 19.5. The van der Waals surface area contributed by atoms with Gasteiger partial charge in [0, 0.05) is 42.2 Å². The van der Waals surface area contributed by atoms with Crippen molar-refractivity contribution in [1.29, 1.82) is 0 Å². The lowest BCUT2D eigenvalue weighted by Crippen LogP contribution is -2.44. The molecule has 144 valence electrons. The minimum absolute atomic E-state index is 0.244. The summed E-state index contributed by atoms with van der Waals surface area (Å²) < 4.78 is 53.2. The smallest absolute Gasteiger partial charge is 0.282 e. The molecule has 0 bridgehead atoms. The van der Waals surface area contributed by atoms with Crippen LogP contribution in [0.5, 0.6) is 0 Å². The Hall–Kier alpha value is -3.24. The van der Waals surface area contributed by atoms with Gasteiger partial charge in [-0.3, -0.25) is 0 Å². The molecule has 1 aliphatic rings. The van der Waals surface area contributed by atoms with E-state index in [1.807, 2.05) is 0 Å². The summed E-state index contributed by atoms with van der Waals surface area (Å²) in [6, 6.07) is 2.91. The van der Waals surface area contributed by atoms with E-state index in [0.29, 0.717) is 27.9 Å². The molecule has 11 heteroatoms. The van der Waals surface area contributed by atoms with Crippen molar-refractivity contribution >= 4 is 22.6 Å². The summed E-state index contributed by atoms with van der Waals surface area (Å²) in [6.07, 6.45) is 1.10. The summed E-state index contributed by atoms with van der Waals surface area (Å²) in [5.74, 6) is -2.38. The van der Waals surface area contributed by atoms with E-state index in [4.69, 9.17) is 0 Å². The van der Waals surface area contributed by atoms with Crippen LogP contribution >= 0.6 is 0 Å². The number of aromatic amines is 1. The van der Waals surface area contributed by atoms with Crippen LogP contribution in [0, 0.1) is 0 Å². The highest BCUT2D eigenvalue weighted by molar-refractivity contribution is 5.92. The Kier molecular flexibility index (Phi) is 3.55. The molecule has 28 heavy (non-hydrogen) atoms. The van der Waals surface area contributed by atoms with Gasteiger partial charge < -0.3 is 10.3 Å². The van der Waals surface area contributed by atoms with Crippen molar-refractivity contribution in [2.75, 3.05) is 5.32 Å². The van der Waals surface area contributed by atoms with Crippen LogP contribution in [0.25, 0.3) is 27.9 Å². The highest BCUT2D eigenvalue weighted by Crippen LogP contribution is 2.38. The van der Waals surface area contributed by atoms with Gasteiger partial charge in [-0.25, -0.2) is 32.0 Å². The van der Waals surface area contributed by atoms with Gasteiger partial charge in [0.1, 0.15) is 11.3 Å². The lowest BCUT2D eigenvalue weighted by atomic mass is 9.88. The summed E-state index contributed by atoms with van der Waals surface area (Å²) in [5.41, 5.74) is 1.59. The maximum Gasteiger partial charge on any atom is 0.282 e. The molecule has 4 aromatic rings. The number of H-pyrrole nitrogens is 1. The van der Waals surface area contributed by atoms with Gasteiger partial charge >= 0.3 is 0 Å². The Balaban J connectivity index is 1.48. The first kappa shape index (κ1) is 16.9. The SMILES string of the molecule is FC(F)c1cnc2ccc(-c3c[nH]c4nc(NC5CC(F)(F)C5)ncc34)nn12. The summed E-state index contributed by atoms with van der Waals surface area (Å²) in [6.45, 7) is 0. The molecule has 4 aromatic heterocycles. The molecule has 0 radical (unpaired) electrons. The second-order valence-corrected chi connectivity index (χ2v) is 6.74. The molecular formula is C17H13F4N7. The van der Waals surface area contributed by atoms with Crippen molar-refractivity contribution in [3.8, 4) is 11.3 Å². The molecule has 1 saturated carbocycles. The molecule has 0 atom stereocenters. The van der Waals surface area contributed by atoms with Gasteiger partial charge in [0.2, 0.25) is 5.95 Å². The Bertz CT molecular complexity index is 1170. The molecule has 0 unspecified atom stereocenters. The van der Waals surface area contributed by atoms with Crippen molar-refractivity contribution in [3.05, 3.63) is 36.4 Å². The monoisotopic (exact) mass is 391 g/mol. The molecule has 4 heterocycles. The maximum absolute atomic E-state index is 13.1. The van der Waals surface area contributed by atoms with E-state index >= 15 is 0 Å². The predicted octanol–water partition coefficient (Wildman–Crippen LogP) is 3.81. The molecule has 0 saturated heterocycles. The number of imidazole rings is 1. The quantitative estimate of drug-likeness (QED) is 0.517. The first-order chi connectivity index (χ1) is 13.4. The number of aromatic nitrogens is 6. The van der Waals surface area contributed by atoms with Crippen molar-refractivity contribution in [2.45, 2.75) is 31.2 Å². The summed E-state index contributed by atoms with van der Waals surface area (Å²) in [5, 5.41) is 7.77. The Morgan fingerprint density at radius 2 is 2.00 bits per heavy atom. The Morgan fingerprint density at radius 1 is 1.18 bits per heavy atom. The van der Waals surface area contributed by atoms with Crippen LogP contribution in [0.4, 0.5) is 23.5 Å².